The van der Waals surface area contributed by atoms with Gasteiger partial charge < -0.3 is 25.2 Å². The van der Waals surface area contributed by atoms with E-state index in [1.54, 1.807) is 32.4 Å². The van der Waals surface area contributed by atoms with E-state index in [9.17, 15) is 9.59 Å². The predicted octanol–water partition coefficient (Wildman–Crippen LogP) is 2.45. The van der Waals surface area contributed by atoms with E-state index >= 15 is 0 Å². The number of hydrogen-bond donors (Lipinski definition) is 3. The van der Waals surface area contributed by atoms with Crippen molar-refractivity contribution in [1.82, 2.24) is 15.6 Å². The molecule has 0 spiro atoms. The Hall–Kier alpha value is -3.00. The zero-order valence-electron chi connectivity index (χ0n) is 14.2. The summed E-state index contributed by atoms with van der Waals surface area (Å²) in [6.07, 6.45) is -1.17. The highest BCUT2D eigenvalue weighted by Gasteiger charge is 2.11. The highest BCUT2D eigenvalue weighted by molar-refractivity contribution is 6.29. The second-order valence-corrected chi connectivity index (χ2v) is 5.63. The number of rotatable bonds is 7. The molecule has 0 saturated heterocycles. The molecule has 0 saturated carbocycles. The van der Waals surface area contributed by atoms with E-state index in [1.807, 2.05) is 0 Å². The molecule has 138 valence electrons. The van der Waals surface area contributed by atoms with Gasteiger partial charge in [-0.25, -0.2) is 9.78 Å². The first-order chi connectivity index (χ1) is 12.4. The summed E-state index contributed by atoms with van der Waals surface area (Å²) in [5, 5.41) is 13.7. The lowest BCUT2D eigenvalue weighted by molar-refractivity contribution is 0.0945. The van der Waals surface area contributed by atoms with Crippen molar-refractivity contribution in [2.24, 2.45) is 0 Å². The van der Waals surface area contributed by atoms with Gasteiger partial charge in [-0.05, 0) is 35.4 Å². The number of hydrogen-bond acceptors (Lipinski definition) is 5. The average Bonchev–Trinajstić information content (AvgIpc) is 2.63. The molecule has 0 fully saturated rings. The Morgan fingerprint density at radius 3 is 2.15 bits per heavy atom. The molecule has 0 unspecified atom stereocenters. The molecule has 2 aromatic rings. The Kier molecular flexibility index (Phi) is 6.62. The predicted molar refractivity (Wildman–Crippen MR) is 94.8 cm³/mol. The third kappa shape index (κ3) is 5.52. The summed E-state index contributed by atoms with van der Waals surface area (Å²) < 4.78 is 10.4. The van der Waals surface area contributed by atoms with E-state index < -0.39 is 12.0 Å². The van der Waals surface area contributed by atoms with Crippen molar-refractivity contribution in [2.75, 3.05) is 14.2 Å². The fourth-order valence-electron chi connectivity index (χ4n) is 2.19. The number of amides is 2. The lowest BCUT2D eigenvalue weighted by Gasteiger charge is -2.10. The Bertz CT molecular complexity index is 791. The first kappa shape index (κ1) is 19.3. The first-order valence-corrected chi connectivity index (χ1v) is 7.92. The van der Waals surface area contributed by atoms with Gasteiger partial charge in [-0.2, -0.15) is 0 Å². The van der Waals surface area contributed by atoms with Crippen molar-refractivity contribution in [1.29, 1.82) is 0 Å². The summed E-state index contributed by atoms with van der Waals surface area (Å²) >= 11 is 5.91. The van der Waals surface area contributed by atoms with Gasteiger partial charge in [0.15, 0.2) is 0 Å². The maximum atomic E-state index is 12.3. The number of ether oxygens (including phenoxy) is 2. The Morgan fingerprint density at radius 1 is 1.00 bits per heavy atom. The second-order valence-electron chi connectivity index (χ2n) is 5.25. The van der Waals surface area contributed by atoms with Gasteiger partial charge in [0, 0.05) is 19.2 Å². The molecule has 9 heteroatoms. The van der Waals surface area contributed by atoms with Gasteiger partial charge in [-0.15, -0.1) is 0 Å². The maximum Gasteiger partial charge on any atom is 0.404 e. The fourth-order valence-corrected chi connectivity index (χ4v) is 2.42. The second kappa shape index (κ2) is 8.91. The molecule has 1 aromatic heterocycles. The summed E-state index contributed by atoms with van der Waals surface area (Å²) in [4.78, 5) is 26.9. The van der Waals surface area contributed by atoms with Crippen LogP contribution in [-0.4, -0.2) is 36.3 Å². The number of benzene rings is 1. The lowest BCUT2D eigenvalue weighted by Crippen LogP contribution is -2.25. The third-order valence-corrected chi connectivity index (χ3v) is 3.59. The quantitative estimate of drug-likeness (QED) is 0.637. The standard InChI is InChI=1S/C17H18ClN3O5/c1-25-12-3-10(4-13(7-12)26-2)8-19-16(22)14-5-11(6-15(18)21-14)9-20-17(23)24/h3-7,20H,8-9H2,1-2H3,(H,19,22)(H,23,24). The molecule has 1 heterocycles. The number of halogens is 1. The van der Waals surface area contributed by atoms with E-state index in [-0.39, 0.29) is 23.9 Å². The van der Waals surface area contributed by atoms with Gasteiger partial charge >= 0.3 is 6.09 Å². The zero-order valence-corrected chi connectivity index (χ0v) is 15.0. The van der Waals surface area contributed by atoms with E-state index in [2.05, 4.69) is 15.6 Å². The molecule has 1 aromatic carbocycles. The fraction of sp³-hybridized carbons (Fsp3) is 0.235. The Balaban J connectivity index is 2.09. The number of carbonyl (C=O) groups excluding carboxylic acids is 1. The summed E-state index contributed by atoms with van der Waals surface area (Å²) in [6.45, 7) is 0.244. The molecular weight excluding hydrogens is 362 g/mol. The molecule has 3 N–H and O–H groups in total. The van der Waals surface area contributed by atoms with Gasteiger partial charge in [0.25, 0.3) is 5.91 Å². The van der Waals surface area contributed by atoms with Crippen molar-refractivity contribution >= 4 is 23.6 Å². The largest absolute Gasteiger partial charge is 0.497 e. The number of pyridine rings is 1. The summed E-state index contributed by atoms with van der Waals surface area (Å²) in [6, 6.07) is 8.24. The van der Waals surface area contributed by atoms with Crippen LogP contribution in [0.4, 0.5) is 4.79 Å². The van der Waals surface area contributed by atoms with E-state index in [4.69, 9.17) is 26.2 Å². The van der Waals surface area contributed by atoms with Gasteiger partial charge in [0.2, 0.25) is 0 Å². The van der Waals surface area contributed by atoms with Crippen molar-refractivity contribution in [3.05, 3.63) is 52.3 Å². The average molecular weight is 380 g/mol. The van der Waals surface area contributed by atoms with Crippen molar-refractivity contribution in [3.8, 4) is 11.5 Å². The van der Waals surface area contributed by atoms with E-state index in [0.29, 0.717) is 17.1 Å². The van der Waals surface area contributed by atoms with Crippen LogP contribution >= 0.6 is 11.6 Å². The van der Waals surface area contributed by atoms with Gasteiger partial charge in [-0.1, -0.05) is 11.6 Å². The minimum atomic E-state index is -1.17. The first-order valence-electron chi connectivity index (χ1n) is 7.54. The van der Waals surface area contributed by atoms with Crippen LogP contribution in [0, 0.1) is 0 Å². The topological polar surface area (TPSA) is 110 Å². The summed E-state index contributed by atoms with van der Waals surface area (Å²) in [5.74, 6) is 0.777. The van der Waals surface area contributed by atoms with Crippen LogP contribution in [0.1, 0.15) is 21.6 Å². The Morgan fingerprint density at radius 2 is 1.58 bits per heavy atom. The molecule has 0 atom stereocenters. The number of carboxylic acid groups (broad SMARTS) is 1. The van der Waals surface area contributed by atoms with Gasteiger partial charge in [0.1, 0.15) is 22.3 Å². The molecule has 0 bridgehead atoms. The minimum absolute atomic E-state index is 0.0188. The van der Waals surface area contributed by atoms with Crippen LogP contribution in [0.2, 0.25) is 5.15 Å². The number of nitrogens with one attached hydrogen (secondary N) is 2. The van der Waals surface area contributed by atoms with E-state index in [0.717, 1.165) is 5.56 Å². The molecule has 2 amide bonds. The molecular formula is C17H18ClN3O5. The highest BCUT2D eigenvalue weighted by Crippen LogP contribution is 2.22. The van der Waals surface area contributed by atoms with Crippen molar-refractivity contribution in [2.45, 2.75) is 13.1 Å². The van der Waals surface area contributed by atoms with Crippen LogP contribution in [0.15, 0.2) is 30.3 Å². The lowest BCUT2D eigenvalue weighted by atomic mass is 10.2. The van der Waals surface area contributed by atoms with Crippen LogP contribution in [0.25, 0.3) is 0 Å². The minimum Gasteiger partial charge on any atom is -0.497 e. The molecule has 2 rings (SSSR count). The summed E-state index contributed by atoms with van der Waals surface area (Å²) in [7, 11) is 3.08. The molecule has 0 aliphatic rings. The number of aromatic nitrogens is 1. The summed E-state index contributed by atoms with van der Waals surface area (Å²) in [5.41, 5.74) is 1.40. The van der Waals surface area contributed by atoms with Crippen LogP contribution < -0.4 is 20.1 Å². The van der Waals surface area contributed by atoms with Crippen molar-refractivity contribution < 1.29 is 24.2 Å². The number of carbonyl (C=O) groups is 2. The smallest absolute Gasteiger partial charge is 0.404 e. The SMILES string of the molecule is COc1cc(CNC(=O)c2cc(CNC(=O)O)cc(Cl)n2)cc(OC)c1. The normalized spacial score (nSPS) is 10.1. The van der Waals surface area contributed by atoms with Crippen LogP contribution in [0.5, 0.6) is 11.5 Å². The highest BCUT2D eigenvalue weighted by atomic mass is 35.5. The molecule has 0 aliphatic heterocycles. The van der Waals surface area contributed by atoms with Gasteiger partial charge in [-0.3, -0.25) is 4.79 Å². The monoisotopic (exact) mass is 379 g/mol. The van der Waals surface area contributed by atoms with Crippen LogP contribution in [0.3, 0.4) is 0 Å². The van der Waals surface area contributed by atoms with Crippen molar-refractivity contribution in [3.63, 3.8) is 0 Å². The molecule has 26 heavy (non-hydrogen) atoms. The zero-order chi connectivity index (χ0) is 19.1. The van der Waals surface area contributed by atoms with E-state index in [1.165, 1.54) is 12.1 Å². The maximum absolute atomic E-state index is 12.3. The van der Waals surface area contributed by atoms with Gasteiger partial charge in [0.05, 0.1) is 14.2 Å². The molecule has 0 aliphatic carbocycles. The third-order valence-electron chi connectivity index (χ3n) is 3.39. The molecule has 8 nitrogen and oxygen atoms in total. The number of methoxy groups -OCH3 is 2. The Labute approximate surface area is 155 Å². The number of nitrogens with zero attached hydrogens (tertiary/aromatic N) is 1. The molecule has 0 radical (unpaired) electrons. The van der Waals surface area contributed by atoms with Crippen LogP contribution in [-0.2, 0) is 13.1 Å².